The number of fused-ring (bicyclic) bond motifs is 1. The van der Waals surface area contributed by atoms with Gasteiger partial charge in [0.1, 0.15) is 11.5 Å². The third-order valence-corrected chi connectivity index (χ3v) is 4.85. The minimum absolute atomic E-state index is 0.151. The Balaban J connectivity index is 1.30. The fourth-order valence-corrected chi connectivity index (χ4v) is 3.09. The third-order valence-electron chi connectivity index (χ3n) is 4.16. The molecule has 0 spiro atoms. The van der Waals surface area contributed by atoms with E-state index in [2.05, 4.69) is 31.8 Å². The molecular weight excluding hydrogens is 466 g/mol. The smallest absolute Gasteiger partial charge is 0.329 e. The van der Waals surface area contributed by atoms with Crippen molar-refractivity contribution in [1.82, 2.24) is 5.43 Å². The van der Waals surface area contributed by atoms with E-state index < -0.39 is 11.8 Å². The first-order valence-electron chi connectivity index (χ1n) is 9.15. The van der Waals surface area contributed by atoms with Gasteiger partial charge in [0.2, 0.25) is 6.79 Å². The van der Waals surface area contributed by atoms with Gasteiger partial charge in [0.25, 0.3) is 0 Å². The van der Waals surface area contributed by atoms with Gasteiger partial charge in [0.15, 0.2) is 11.5 Å². The van der Waals surface area contributed by atoms with Crippen molar-refractivity contribution in [2.45, 2.75) is 0 Å². The van der Waals surface area contributed by atoms with Crippen molar-refractivity contribution in [1.29, 1.82) is 0 Å². The number of nitrogens with zero attached hydrogens (tertiary/aromatic N) is 1. The summed E-state index contributed by atoms with van der Waals surface area (Å²) in [4.78, 5) is 24.1. The third kappa shape index (κ3) is 5.20. The van der Waals surface area contributed by atoms with Gasteiger partial charge in [-0.15, -0.1) is 0 Å². The number of halogens is 1. The van der Waals surface area contributed by atoms with Crippen LogP contribution in [-0.2, 0) is 9.59 Å². The summed E-state index contributed by atoms with van der Waals surface area (Å²) >= 11 is 3.39. The molecule has 0 aliphatic carbocycles. The first-order chi connectivity index (χ1) is 15.1. The van der Waals surface area contributed by atoms with Crippen molar-refractivity contribution in [2.24, 2.45) is 5.10 Å². The zero-order valence-electron chi connectivity index (χ0n) is 16.0. The van der Waals surface area contributed by atoms with Crippen molar-refractivity contribution < 1.29 is 23.8 Å². The Morgan fingerprint density at radius 1 is 0.935 bits per heavy atom. The van der Waals surface area contributed by atoms with Gasteiger partial charge in [-0.25, -0.2) is 5.43 Å². The van der Waals surface area contributed by atoms with Crippen LogP contribution in [-0.4, -0.2) is 24.8 Å². The summed E-state index contributed by atoms with van der Waals surface area (Å²) in [6, 6.07) is 19.4. The summed E-state index contributed by atoms with van der Waals surface area (Å²) in [7, 11) is 0. The Kier molecular flexibility index (Phi) is 6.13. The molecule has 1 heterocycles. The molecule has 9 heteroatoms. The van der Waals surface area contributed by atoms with Gasteiger partial charge in [-0.2, -0.15) is 5.10 Å². The molecule has 3 aromatic carbocycles. The molecular formula is C22H16BrN3O5. The molecule has 3 aromatic rings. The first kappa shape index (κ1) is 20.4. The molecule has 0 saturated carbocycles. The molecule has 31 heavy (non-hydrogen) atoms. The fraction of sp³-hybridized carbons (Fsp3) is 0.0455. The molecule has 1 aliphatic heterocycles. The van der Waals surface area contributed by atoms with Gasteiger partial charge in [-0.05, 0) is 64.5 Å². The van der Waals surface area contributed by atoms with Crippen LogP contribution >= 0.6 is 15.9 Å². The van der Waals surface area contributed by atoms with Crippen LogP contribution in [0.3, 0.4) is 0 Å². The van der Waals surface area contributed by atoms with Crippen molar-refractivity contribution in [3.05, 3.63) is 76.8 Å². The fourth-order valence-electron chi connectivity index (χ4n) is 2.66. The normalized spacial score (nSPS) is 11.9. The Morgan fingerprint density at radius 3 is 2.35 bits per heavy atom. The Bertz CT molecular complexity index is 1130. The van der Waals surface area contributed by atoms with Crippen molar-refractivity contribution >= 4 is 39.6 Å². The summed E-state index contributed by atoms with van der Waals surface area (Å²) < 4.78 is 17.0. The van der Waals surface area contributed by atoms with E-state index in [0.29, 0.717) is 38.7 Å². The number of rotatable bonds is 5. The molecule has 0 fully saturated rings. The molecule has 0 atom stereocenters. The van der Waals surface area contributed by atoms with Gasteiger partial charge in [0.05, 0.1) is 6.21 Å². The SMILES string of the molecule is O=C(N/N=C\c1cc2c(cc1Br)OCO2)C(=O)Nc1ccc(Oc2ccccc2)cc1. The zero-order chi connectivity index (χ0) is 21.6. The maximum absolute atomic E-state index is 12.1. The molecule has 0 unspecified atom stereocenters. The van der Waals surface area contributed by atoms with Crippen LogP contribution in [0.1, 0.15) is 5.56 Å². The second kappa shape index (κ2) is 9.31. The Morgan fingerprint density at radius 2 is 1.61 bits per heavy atom. The topological polar surface area (TPSA) is 98.3 Å². The molecule has 0 radical (unpaired) electrons. The highest BCUT2D eigenvalue weighted by Crippen LogP contribution is 2.36. The first-order valence-corrected chi connectivity index (χ1v) is 9.94. The Labute approximate surface area is 185 Å². The lowest BCUT2D eigenvalue weighted by atomic mass is 10.2. The number of para-hydroxylation sites is 1. The second-order valence-electron chi connectivity index (χ2n) is 6.32. The van der Waals surface area contributed by atoms with E-state index in [0.717, 1.165) is 0 Å². The number of hydrazone groups is 1. The number of carbonyl (C=O) groups is 2. The van der Waals surface area contributed by atoms with Crippen LogP contribution in [0.15, 0.2) is 76.3 Å². The van der Waals surface area contributed by atoms with Crippen molar-refractivity contribution in [2.75, 3.05) is 12.1 Å². The molecule has 0 saturated heterocycles. The molecule has 2 N–H and O–H groups in total. The average Bonchev–Trinajstić information content (AvgIpc) is 3.23. The predicted molar refractivity (Wildman–Crippen MR) is 118 cm³/mol. The maximum atomic E-state index is 12.1. The van der Waals surface area contributed by atoms with Crippen molar-refractivity contribution in [3.8, 4) is 23.0 Å². The van der Waals surface area contributed by atoms with Gasteiger partial charge in [0, 0.05) is 15.7 Å². The standard InChI is InChI=1S/C22H16BrN3O5/c23-18-11-20-19(29-13-30-20)10-14(18)12-24-26-22(28)21(27)25-15-6-8-17(9-7-15)31-16-4-2-1-3-5-16/h1-12H,13H2,(H,25,27)(H,26,28)/b24-12-. The number of benzene rings is 3. The van der Waals surface area contributed by atoms with E-state index in [4.69, 9.17) is 14.2 Å². The highest BCUT2D eigenvalue weighted by atomic mass is 79.9. The van der Waals surface area contributed by atoms with E-state index in [1.807, 2.05) is 30.3 Å². The zero-order valence-corrected chi connectivity index (χ0v) is 17.6. The molecule has 0 aromatic heterocycles. The highest BCUT2D eigenvalue weighted by molar-refractivity contribution is 9.10. The number of nitrogens with one attached hydrogen (secondary N) is 2. The molecule has 2 amide bonds. The average molecular weight is 482 g/mol. The van der Waals surface area contributed by atoms with Gasteiger partial charge >= 0.3 is 11.8 Å². The quantitative estimate of drug-likeness (QED) is 0.325. The summed E-state index contributed by atoms with van der Waals surface area (Å²) in [5, 5.41) is 6.32. The lowest BCUT2D eigenvalue weighted by Crippen LogP contribution is -2.32. The predicted octanol–water partition coefficient (Wildman–Crippen LogP) is 4.06. The minimum atomic E-state index is -0.905. The Hall–Kier alpha value is -3.85. The molecule has 8 nitrogen and oxygen atoms in total. The van der Waals surface area contributed by atoms with E-state index >= 15 is 0 Å². The molecule has 4 rings (SSSR count). The number of hydrogen-bond acceptors (Lipinski definition) is 6. The number of hydrogen-bond donors (Lipinski definition) is 2. The van der Waals surface area contributed by atoms with Gasteiger partial charge in [-0.3, -0.25) is 9.59 Å². The van der Waals surface area contributed by atoms with E-state index in [1.165, 1.54) is 6.21 Å². The van der Waals surface area contributed by atoms with Crippen LogP contribution in [0.25, 0.3) is 0 Å². The minimum Gasteiger partial charge on any atom is -0.457 e. The summed E-state index contributed by atoms with van der Waals surface area (Å²) in [6.07, 6.45) is 1.40. The lowest BCUT2D eigenvalue weighted by molar-refractivity contribution is -0.136. The molecule has 156 valence electrons. The monoisotopic (exact) mass is 481 g/mol. The summed E-state index contributed by atoms with van der Waals surface area (Å²) in [5.74, 6) is 0.746. The largest absolute Gasteiger partial charge is 0.457 e. The summed E-state index contributed by atoms with van der Waals surface area (Å²) in [6.45, 7) is 0.151. The number of anilines is 1. The number of ether oxygens (including phenoxy) is 3. The van der Waals surface area contributed by atoms with Crippen LogP contribution in [0.4, 0.5) is 5.69 Å². The van der Waals surface area contributed by atoms with E-state index in [1.54, 1.807) is 36.4 Å². The van der Waals surface area contributed by atoms with Crippen LogP contribution in [0.5, 0.6) is 23.0 Å². The highest BCUT2D eigenvalue weighted by Gasteiger charge is 2.16. The molecule has 0 bridgehead atoms. The van der Waals surface area contributed by atoms with Crippen LogP contribution < -0.4 is 25.0 Å². The van der Waals surface area contributed by atoms with Crippen molar-refractivity contribution in [3.63, 3.8) is 0 Å². The molecule has 1 aliphatic rings. The number of amides is 2. The lowest BCUT2D eigenvalue weighted by Gasteiger charge is -2.07. The van der Waals surface area contributed by atoms with Gasteiger partial charge < -0.3 is 19.5 Å². The maximum Gasteiger partial charge on any atom is 0.329 e. The number of carbonyl (C=O) groups excluding carboxylic acids is 2. The van der Waals surface area contributed by atoms with E-state index in [9.17, 15) is 9.59 Å². The summed E-state index contributed by atoms with van der Waals surface area (Å²) in [5.41, 5.74) is 3.29. The second-order valence-corrected chi connectivity index (χ2v) is 7.17. The van der Waals surface area contributed by atoms with Crippen LogP contribution in [0.2, 0.25) is 0 Å². The van der Waals surface area contributed by atoms with Crippen LogP contribution in [0, 0.1) is 0 Å². The van der Waals surface area contributed by atoms with E-state index in [-0.39, 0.29) is 6.79 Å². The van der Waals surface area contributed by atoms with Gasteiger partial charge in [-0.1, -0.05) is 18.2 Å².